The first-order valence-electron chi connectivity index (χ1n) is 8.56. The summed E-state index contributed by atoms with van der Waals surface area (Å²) in [5, 5.41) is 0. The number of imidazole rings is 1. The molecule has 3 aromatic rings. The number of aromatic nitrogens is 2. The third-order valence-corrected chi connectivity index (χ3v) is 4.43. The fourth-order valence-electron chi connectivity index (χ4n) is 3.11. The molecule has 0 atom stereocenters. The van der Waals surface area contributed by atoms with Crippen LogP contribution in [0.3, 0.4) is 0 Å². The van der Waals surface area contributed by atoms with Crippen molar-refractivity contribution in [2.45, 2.75) is 19.5 Å². The topological polar surface area (TPSA) is 45.8 Å². The summed E-state index contributed by atoms with van der Waals surface area (Å²) >= 11 is 0. The van der Waals surface area contributed by atoms with Crippen LogP contribution >= 0.6 is 0 Å². The molecule has 4 rings (SSSR count). The number of hydrogen-bond donors (Lipinski definition) is 0. The van der Waals surface area contributed by atoms with Crippen LogP contribution in [0.2, 0.25) is 0 Å². The molecule has 0 unspecified atom stereocenters. The molecule has 2 heterocycles. The highest BCUT2D eigenvalue weighted by atomic mass is 19.4. The van der Waals surface area contributed by atoms with Crippen molar-refractivity contribution in [3.05, 3.63) is 59.7 Å². The van der Waals surface area contributed by atoms with E-state index in [1.165, 1.54) is 30.6 Å². The SMILES string of the molecule is CCc1nc2ccc(F)cc2n1C1=NC=NCN1c1ccc(C(F)(F)F)cc1. The third kappa shape index (κ3) is 3.12. The Bertz CT molecular complexity index is 1080. The van der Waals surface area contributed by atoms with Gasteiger partial charge in [0.05, 0.1) is 16.6 Å². The van der Waals surface area contributed by atoms with Crippen molar-refractivity contribution in [3.63, 3.8) is 0 Å². The second kappa shape index (κ2) is 6.74. The summed E-state index contributed by atoms with van der Waals surface area (Å²) in [6.45, 7) is 2.08. The van der Waals surface area contributed by atoms with Crippen LogP contribution in [0.4, 0.5) is 23.2 Å². The van der Waals surface area contributed by atoms with Gasteiger partial charge in [0.25, 0.3) is 0 Å². The van der Waals surface area contributed by atoms with Gasteiger partial charge in [0.1, 0.15) is 24.6 Å². The summed E-state index contributed by atoms with van der Waals surface area (Å²) in [6, 6.07) is 9.03. The van der Waals surface area contributed by atoms with Gasteiger partial charge < -0.3 is 0 Å². The Labute approximate surface area is 157 Å². The number of halogens is 4. The van der Waals surface area contributed by atoms with Crippen LogP contribution in [0.5, 0.6) is 0 Å². The second-order valence-electron chi connectivity index (χ2n) is 6.19. The predicted octanol–water partition coefficient (Wildman–Crippen LogP) is 4.47. The fraction of sp³-hybridized carbons (Fsp3) is 0.211. The fourth-order valence-corrected chi connectivity index (χ4v) is 3.11. The van der Waals surface area contributed by atoms with Gasteiger partial charge in [-0.05, 0) is 36.4 Å². The zero-order valence-corrected chi connectivity index (χ0v) is 14.8. The lowest BCUT2D eigenvalue weighted by Crippen LogP contribution is -2.39. The summed E-state index contributed by atoms with van der Waals surface area (Å²) < 4.78 is 54.1. The normalized spacial score (nSPS) is 14.6. The highest BCUT2D eigenvalue weighted by Gasteiger charge is 2.30. The number of nitrogens with zero attached hydrogens (tertiary/aromatic N) is 5. The molecule has 0 N–H and O–H groups in total. The molecule has 1 aromatic heterocycles. The Kier molecular flexibility index (Phi) is 4.37. The predicted molar refractivity (Wildman–Crippen MR) is 99.2 cm³/mol. The highest BCUT2D eigenvalue weighted by Crippen LogP contribution is 2.31. The Morgan fingerprint density at radius 1 is 1.07 bits per heavy atom. The van der Waals surface area contributed by atoms with E-state index in [9.17, 15) is 17.6 Å². The average Bonchev–Trinajstić information content (AvgIpc) is 3.05. The van der Waals surface area contributed by atoms with Crippen LogP contribution in [-0.4, -0.2) is 28.5 Å². The van der Waals surface area contributed by atoms with E-state index in [1.807, 2.05) is 6.92 Å². The van der Waals surface area contributed by atoms with Crippen LogP contribution in [0.25, 0.3) is 11.0 Å². The van der Waals surface area contributed by atoms with E-state index in [0.29, 0.717) is 34.9 Å². The summed E-state index contributed by atoms with van der Waals surface area (Å²) in [6.07, 6.45) is -2.48. The zero-order chi connectivity index (χ0) is 19.9. The number of benzene rings is 2. The number of aryl methyl sites for hydroxylation is 1. The van der Waals surface area contributed by atoms with E-state index in [4.69, 9.17) is 0 Å². The maximum Gasteiger partial charge on any atom is 0.416 e. The van der Waals surface area contributed by atoms with Crippen molar-refractivity contribution in [2.24, 2.45) is 9.98 Å². The van der Waals surface area contributed by atoms with Gasteiger partial charge in [-0.2, -0.15) is 13.2 Å². The molecule has 1 aliphatic heterocycles. The van der Waals surface area contributed by atoms with E-state index >= 15 is 0 Å². The molecule has 0 fully saturated rings. The molecule has 1 aliphatic rings. The van der Waals surface area contributed by atoms with Gasteiger partial charge in [-0.25, -0.2) is 14.4 Å². The quantitative estimate of drug-likeness (QED) is 0.608. The average molecular weight is 389 g/mol. The molecular weight excluding hydrogens is 374 g/mol. The maximum atomic E-state index is 13.8. The molecule has 28 heavy (non-hydrogen) atoms. The molecule has 144 valence electrons. The van der Waals surface area contributed by atoms with Gasteiger partial charge in [-0.15, -0.1) is 0 Å². The van der Waals surface area contributed by atoms with Crippen molar-refractivity contribution in [1.29, 1.82) is 0 Å². The first-order valence-corrected chi connectivity index (χ1v) is 8.56. The summed E-state index contributed by atoms with van der Waals surface area (Å²) in [4.78, 5) is 14.6. The summed E-state index contributed by atoms with van der Waals surface area (Å²) in [5.41, 5.74) is 0.891. The van der Waals surface area contributed by atoms with Gasteiger partial charge in [0.2, 0.25) is 5.96 Å². The molecule has 9 heteroatoms. The lowest BCUT2D eigenvalue weighted by molar-refractivity contribution is -0.137. The molecule has 0 radical (unpaired) electrons. The van der Waals surface area contributed by atoms with E-state index in [1.54, 1.807) is 15.5 Å². The molecule has 0 saturated carbocycles. The Hall–Kier alpha value is -3.23. The van der Waals surface area contributed by atoms with Crippen LogP contribution in [0.1, 0.15) is 18.3 Å². The van der Waals surface area contributed by atoms with E-state index in [2.05, 4.69) is 15.0 Å². The van der Waals surface area contributed by atoms with Crippen LogP contribution in [-0.2, 0) is 12.6 Å². The van der Waals surface area contributed by atoms with E-state index in [-0.39, 0.29) is 6.67 Å². The monoisotopic (exact) mass is 389 g/mol. The van der Waals surface area contributed by atoms with Crippen molar-refractivity contribution < 1.29 is 17.6 Å². The van der Waals surface area contributed by atoms with Crippen molar-refractivity contribution in [2.75, 3.05) is 11.6 Å². The number of aliphatic imine (C=N–C) groups is 2. The van der Waals surface area contributed by atoms with Crippen molar-refractivity contribution in [1.82, 2.24) is 9.55 Å². The lowest BCUT2D eigenvalue weighted by Gasteiger charge is -2.27. The highest BCUT2D eigenvalue weighted by molar-refractivity contribution is 6.06. The van der Waals surface area contributed by atoms with Crippen LogP contribution < -0.4 is 4.90 Å². The number of anilines is 1. The minimum atomic E-state index is -4.41. The maximum absolute atomic E-state index is 13.8. The van der Waals surface area contributed by atoms with Crippen molar-refractivity contribution in [3.8, 4) is 0 Å². The van der Waals surface area contributed by atoms with Crippen LogP contribution in [0.15, 0.2) is 52.4 Å². The summed E-state index contributed by atoms with van der Waals surface area (Å²) in [5.74, 6) is 0.647. The smallest absolute Gasteiger partial charge is 0.291 e. The van der Waals surface area contributed by atoms with Gasteiger partial charge in [-0.3, -0.25) is 14.5 Å². The molecule has 0 bridgehead atoms. The lowest BCUT2D eigenvalue weighted by atomic mass is 10.2. The number of hydrogen-bond acceptors (Lipinski definition) is 4. The zero-order valence-electron chi connectivity index (χ0n) is 14.8. The molecule has 0 spiro atoms. The molecule has 0 aliphatic carbocycles. The first-order chi connectivity index (χ1) is 13.4. The third-order valence-electron chi connectivity index (χ3n) is 4.43. The first kappa shape index (κ1) is 18.1. The number of alkyl halides is 3. The van der Waals surface area contributed by atoms with E-state index < -0.39 is 17.6 Å². The van der Waals surface area contributed by atoms with Gasteiger partial charge >= 0.3 is 6.18 Å². The number of rotatable bonds is 2. The Morgan fingerprint density at radius 3 is 2.50 bits per heavy atom. The van der Waals surface area contributed by atoms with Gasteiger partial charge in [-0.1, -0.05) is 6.92 Å². The minimum absolute atomic E-state index is 0.169. The van der Waals surface area contributed by atoms with Gasteiger partial charge in [0, 0.05) is 18.2 Å². The number of fused-ring (bicyclic) bond motifs is 1. The minimum Gasteiger partial charge on any atom is -0.291 e. The molecular formula is C19H15F4N5. The van der Waals surface area contributed by atoms with Gasteiger partial charge in [0.15, 0.2) is 0 Å². The Morgan fingerprint density at radius 2 is 1.82 bits per heavy atom. The second-order valence-corrected chi connectivity index (χ2v) is 6.19. The molecule has 0 saturated heterocycles. The largest absolute Gasteiger partial charge is 0.416 e. The van der Waals surface area contributed by atoms with E-state index in [0.717, 1.165) is 12.1 Å². The molecule has 5 nitrogen and oxygen atoms in total. The van der Waals surface area contributed by atoms with Crippen molar-refractivity contribution >= 4 is 29.0 Å². The molecule has 2 aromatic carbocycles. The Balaban J connectivity index is 1.82. The standard InChI is InChI=1S/C19H15F4N5/c1-2-17-26-15-8-5-13(20)9-16(15)28(17)18-25-10-24-11-27(18)14-6-3-12(4-7-14)19(21,22)23/h3-10H,2,11H2,1H3. The summed E-state index contributed by atoms with van der Waals surface area (Å²) in [7, 11) is 0. The van der Waals surface area contributed by atoms with Crippen LogP contribution in [0, 0.1) is 5.82 Å². The molecule has 0 amide bonds.